The van der Waals surface area contributed by atoms with E-state index in [4.69, 9.17) is 5.73 Å². The Bertz CT molecular complexity index is 1000. The Balaban J connectivity index is 1.96. The maximum Gasteiger partial charge on any atom is 0.266 e. The first kappa shape index (κ1) is 16.4. The normalized spacial score (nSPS) is 19.7. The third-order valence-electron chi connectivity index (χ3n) is 4.54. The van der Waals surface area contributed by atoms with Crippen molar-refractivity contribution in [2.24, 2.45) is 10.7 Å². The number of guanidine groups is 1. The molecule has 0 spiro atoms. The van der Waals surface area contributed by atoms with Crippen molar-refractivity contribution >= 4 is 23.2 Å². The number of nitrogens with two attached hydrogens (primary N) is 1. The van der Waals surface area contributed by atoms with E-state index in [1.54, 1.807) is 43.7 Å². The predicted molar refractivity (Wildman–Crippen MR) is 99.1 cm³/mol. The highest BCUT2D eigenvalue weighted by Crippen LogP contribution is 2.41. The van der Waals surface area contributed by atoms with Gasteiger partial charge in [0.2, 0.25) is 0 Å². The van der Waals surface area contributed by atoms with E-state index in [9.17, 15) is 9.18 Å². The van der Waals surface area contributed by atoms with Gasteiger partial charge in [-0.3, -0.25) is 14.7 Å². The van der Waals surface area contributed by atoms with Crippen LogP contribution in [0.3, 0.4) is 0 Å². The average Bonchev–Trinajstić information content (AvgIpc) is 3.27. The summed E-state index contributed by atoms with van der Waals surface area (Å²) in [6.07, 6.45) is 3.21. The van der Waals surface area contributed by atoms with Crippen molar-refractivity contribution in [3.05, 3.63) is 76.5 Å². The zero-order valence-corrected chi connectivity index (χ0v) is 14.7. The highest BCUT2D eigenvalue weighted by Gasteiger charge is 2.49. The Morgan fingerprint density at radius 1 is 1.23 bits per heavy atom. The number of pyridine rings is 1. The van der Waals surface area contributed by atoms with Gasteiger partial charge in [-0.2, -0.15) is 11.3 Å². The summed E-state index contributed by atoms with van der Waals surface area (Å²) in [5, 5.41) is 3.74. The van der Waals surface area contributed by atoms with Crippen LogP contribution in [0.5, 0.6) is 0 Å². The summed E-state index contributed by atoms with van der Waals surface area (Å²) in [4.78, 5) is 23.0. The van der Waals surface area contributed by atoms with Crippen LogP contribution < -0.4 is 5.73 Å². The van der Waals surface area contributed by atoms with Crippen molar-refractivity contribution in [1.29, 1.82) is 0 Å². The summed E-state index contributed by atoms with van der Waals surface area (Å²) in [7, 11) is 1.58. The molecule has 0 bridgehead atoms. The summed E-state index contributed by atoms with van der Waals surface area (Å²) in [6, 6.07) is 9.93. The summed E-state index contributed by atoms with van der Waals surface area (Å²) >= 11 is 1.46. The van der Waals surface area contributed by atoms with Crippen molar-refractivity contribution in [2.45, 2.75) is 5.54 Å². The number of thiophene rings is 1. The Morgan fingerprint density at radius 3 is 2.69 bits per heavy atom. The first-order chi connectivity index (χ1) is 12.5. The smallest absolute Gasteiger partial charge is 0.266 e. The number of aliphatic imine (C=N–C) groups is 1. The van der Waals surface area contributed by atoms with E-state index in [-0.39, 0.29) is 11.9 Å². The van der Waals surface area contributed by atoms with E-state index in [2.05, 4.69) is 9.98 Å². The van der Waals surface area contributed by atoms with Crippen molar-refractivity contribution in [3.63, 3.8) is 0 Å². The van der Waals surface area contributed by atoms with Crippen LogP contribution >= 0.6 is 11.3 Å². The zero-order valence-electron chi connectivity index (χ0n) is 13.9. The number of carbonyl (C=O) groups excluding carboxylic acids is 1. The third kappa shape index (κ3) is 2.32. The van der Waals surface area contributed by atoms with Gasteiger partial charge in [-0.05, 0) is 40.6 Å². The Hall–Kier alpha value is -3.06. The maximum atomic E-state index is 14.5. The van der Waals surface area contributed by atoms with Crippen LogP contribution in [0, 0.1) is 5.82 Å². The highest BCUT2D eigenvalue weighted by molar-refractivity contribution is 7.08. The number of halogens is 1. The lowest BCUT2D eigenvalue weighted by molar-refractivity contribution is -0.129. The lowest BCUT2D eigenvalue weighted by Crippen LogP contribution is -2.41. The molecule has 7 heteroatoms. The van der Waals surface area contributed by atoms with Crippen LogP contribution in [0.4, 0.5) is 4.39 Å². The molecule has 2 aromatic heterocycles. The van der Waals surface area contributed by atoms with Gasteiger partial charge in [-0.25, -0.2) is 9.38 Å². The van der Waals surface area contributed by atoms with Crippen molar-refractivity contribution in [2.75, 3.05) is 7.05 Å². The summed E-state index contributed by atoms with van der Waals surface area (Å²) in [6.45, 7) is 0. The van der Waals surface area contributed by atoms with Crippen molar-refractivity contribution in [3.8, 4) is 11.1 Å². The molecule has 3 heterocycles. The monoisotopic (exact) mass is 366 g/mol. The molecule has 26 heavy (non-hydrogen) atoms. The maximum absolute atomic E-state index is 14.5. The summed E-state index contributed by atoms with van der Waals surface area (Å²) in [5.74, 6) is -0.524. The van der Waals surface area contributed by atoms with Crippen LogP contribution in [0.25, 0.3) is 11.1 Å². The zero-order chi connectivity index (χ0) is 18.3. The molecule has 0 saturated carbocycles. The number of amides is 1. The molecule has 1 amide bonds. The molecule has 1 aliphatic rings. The molecule has 1 atom stereocenters. The van der Waals surface area contributed by atoms with E-state index >= 15 is 0 Å². The lowest BCUT2D eigenvalue weighted by atomic mass is 9.83. The number of aromatic nitrogens is 1. The molecule has 3 aromatic rings. The summed E-state index contributed by atoms with van der Waals surface area (Å²) < 4.78 is 14.5. The summed E-state index contributed by atoms with van der Waals surface area (Å²) in [5.41, 5.74) is 6.90. The van der Waals surface area contributed by atoms with Crippen LogP contribution in [-0.2, 0) is 10.3 Å². The number of benzene rings is 1. The fraction of sp³-hybridized carbons (Fsp3) is 0.105. The SMILES string of the molecule is CN1C(=O)C(c2ccsc2)(c2ccc(F)c(-c3cccnc3)c2)N=C1N. The topological polar surface area (TPSA) is 71.6 Å². The van der Waals surface area contributed by atoms with Gasteiger partial charge >= 0.3 is 0 Å². The number of rotatable bonds is 3. The van der Waals surface area contributed by atoms with Gasteiger partial charge < -0.3 is 5.73 Å². The molecule has 1 unspecified atom stereocenters. The van der Waals surface area contributed by atoms with E-state index in [1.807, 2.05) is 16.8 Å². The second kappa shape index (κ2) is 6.03. The first-order valence-electron chi connectivity index (χ1n) is 7.90. The Morgan fingerprint density at radius 2 is 2.08 bits per heavy atom. The van der Waals surface area contributed by atoms with Crippen LogP contribution in [0.2, 0.25) is 0 Å². The van der Waals surface area contributed by atoms with E-state index in [0.29, 0.717) is 22.3 Å². The van der Waals surface area contributed by atoms with Gasteiger partial charge in [0.15, 0.2) is 11.5 Å². The molecule has 0 saturated heterocycles. The van der Waals surface area contributed by atoms with Gasteiger partial charge in [0.05, 0.1) is 0 Å². The molecule has 4 rings (SSSR count). The number of hydrogen-bond acceptors (Lipinski definition) is 5. The fourth-order valence-corrected chi connectivity index (χ4v) is 3.85. The van der Waals surface area contributed by atoms with Crippen molar-refractivity contribution in [1.82, 2.24) is 9.88 Å². The first-order valence-corrected chi connectivity index (χ1v) is 8.85. The van der Waals surface area contributed by atoms with Gasteiger partial charge in [0.1, 0.15) is 5.82 Å². The predicted octanol–water partition coefficient (Wildman–Crippen LogP) is 2.98. The van der Waals surface area contributed by atoms with Crippen LogP contribution in [-0.4, -0.2) is 28.8 Å². The average molecular weight is 366 g/mol. The quantitative estimate of drug-likeness (QED) is 0.775. The number of likely N-dealkylation sites (N-methyl/N-ethyl adjacent to an activating group) is 1. The van der Waals surface area contributed by atoms with Crippen LogP contribution in [0.15, 0.2) is 64.5 Å². The van der Waals surface area contributed by atoms with Gasteiger partial charge in [-0.1, -0.05) is 12.1 Å². The molecule has 0 fully saturated rings. The molecule has 5 nitrogen and oxygen atoms in total. The van der Waals surface area contributed by atoms with Crippen molar-refractivity contribution < 1.29 is 9.18 Å². The number of carbonyl (C=O) groups is 1. The minimum Gasteiger partial charge on any atom is -0.369 e. The van der Waals surface area contributed by atoms with Gasteiger partial charge in [0, 0.05) is 36.1 Å². The Kier molecular flexibility index (Phi) is 3.81. The second-order valence-corrected chi connectivity index (χ2v) is 6.77. The highest BCUT2D eigenvalue weighted by atomic mass is 32.1. The van der Waals surface area contributed by atoms with E-state index in [0.717, 1.165) is 0 Å². The van der Waals surface area contributed by atoms with E-state index in [1.165, 1.54) is 22.3 Å². The lowest BCUT2D eigenvalue weighted by Gasteiger charge is -2.25. The minimum atomic E-state index is -1.30. The second-order valence-electron chi connectivity index (χ2n) is 5.99. The Labute approximate surface area is 153 Å². The molecular weight excluding hydrogens is 351 g/mol. The number of hydrogen-bond donors (Lipinski definition) is 1. The largest absolute Gasteiger partial charge is 0.369 e. The van der Waals surface area contributed by atoms with Gasteiger partial charge in [0.25, 0.3) is 5.91 Å². The third-order valence-corrected chi connectivity index (χ3v) is 5.22. The van der Waals surface area contributed by atoms with E-state index < -0.39 is 11.4 Å². The standard InChI is InChI=1S/C19H15FN4OS/c1-24-17(25)19(23-18(24)21,14-6-8-26-11-14)13-4-5-16(20)15(9-13)12-3-2-7-22-10-12/h2-11H,1H3,(H2,21,23). The molecule has 1 aromatic carbocycles. The number of nitrogens with zero attached hydrogens (tertiary/aromatic N) is 3. The molecule has 0 aliphatic carbocycles. The van der Waals surface area contributed by atoms with Gasteiger partial charge in [-0.15, -0.1) is 0 Å². The molecule has 1 aliphatic heterocycles. The molecule has 2 N–H and O–H groups in total. The molecular formula is C19H15FN4OS. The van der Waals surface area contributed by atoms with Crippen LogP contribution in [0.1, 0.15) is 11.1 Å². The minimum absolute atomic E-state index is 0.133. The molecule has 0 radical (unpaired) electrons. The molecule has 130 valence electrons. The fourth-order valence-electron chi connectivity index (χ4n) is 3.15.